The third kappa shape index (κ3) is 4.36. The highest BCUT2D eigenvalue weighted by Gasteiger charge is 2.00. The number of hydrogen-bond acceptors (Lipinski definition) is 4. The summed E-state index contributed by atoms with van der Waals surface area (Å²) < 4.78 is 5.69. The minimum absolute atomic E-state index is 0.460. The number of rotatable bonds is 5. The van der Waals surface area contributed by atoms with Crippen molar-refractivity contribution in [2.75, 3.05) is 0 Å². The second-order valence-electron chi connectivity index (χ2n) is 4.75. The highest BCUT2D eigenvalue weighted by atomic mass is 16.5. The van der Waals surface area contributed by atoms with Crippen LogP contribution in [0, 0.1) is 11.3 Å². The number of nitrogens with zero attached hydrogens (tertiary/aromatic N) is 2. The van der Waals surface area contributed by atoms with Crippen LogP contribution in [0.25, 0.3) is 0 Å². The van der Waals surface area contributed by atoms with E-state index < -0.39 is 0 Å². The lowest BCUT2D eigenvalue weighted by Gasteiger charge is -2.07. The van der Waals surface area contributed by atoms with Crippen LogP contribution in [0.2, 0.25) is 0 Å². The van der Waals surface area contributed by atoms with Gasteiger partial charge in [0.25, 0.3) is 0 Å². The second-order valence-corrected chi connectivity index (χ2v) is 4.75. The number of ether oxygens (including phenoxy) is 1. The van der Waals surface area contributed by atoms with Crippen LogP contribution < -0.4 is 4.74 Å². The highest BCUT2D eigenvalue weighted by molar-refractivity contribution is 5.83. The molecule has 2 aromatic carbocycles. The normalized spacial score (nSPS) is 11.0. The van der Waals surface area contributed by atoms with Crippen molar-refractivity contribution in [3.05, 3.63) is 65.2 Å². The zero-order valence-corrected chi connectivity index (χ0v) is 11.8. The smallest absolute Gasteiger partial charge is 0.119 e. The van der Waals surface area contributed by atoms with Crippen molar-refractivity contribution in [1.29, 1.82) is 5.26 Å². The van der Waals surface area contributed by atoms with Gasteiger partial charge in [0.15, 0.2) is 0 Å². The monoisotopic (exact) mass is 280 g/mol. The Bertz CT molecular complexity index is 653. The zero-order valence-electron chi connectivity index (χ0n) is 11.8. The Labute approximate surface area is 123 Å². The average Bonchev–Trinajstić information content (AvgIpc) is 2.54. The molecule has 0 saturated heterocycles. The molecule has 0 aliphatic heterocycles. The fourth-order valence-electron chi connectivity index (χ4n) is 1.88. The van der Waals surface area contributed by atoms with E-state index in [9.17, 15) is 0 Å². The maximum Gasteiger partial charge on any atom is 0.119 e. The van der Waals surface area contributed by atoms with E-state index in [-0.39, 0.29) is 0 Å². The summed E-state index contributed by atoms with van der Waals surface area (Å²) in [5.41, 5.74) is 3.39. The molecular weight excluding hydrogens is 264 g/mol. The van der Waals surface area contributed by atoms with E-state index in [0.29, 0.717) is 24.3 Å². The van der Waals surface area contributed by atoms with Crippen LogP contribution in [0.5, 0.6) is 5.75 Å². The third-order valence-electron chi connectivity index (χ3n) is 3.04. The molecule has 0 fully saturated rings. The third-order valence-corrected chi connectivity index (χ3v) is 3.04. The van der Waals surface area contributed by atoms with E-state index >= 15 is 0 Å². The number of nitriles is 1. The Balaban J connectivity index is 1.92. The average molecular weight is 280 g/mol. The molecule has 4 heteroatoms. The van der Waals surface area contributed by atoms with Crippen LogP contribution in [0.1, 0.15) is 23.6 Å². The van der Waals surface area contributed by atoms with Crippen molar-refractivity contribution < 1.29 is 9.94 Å². The first-order valence-electron chi connectivity index (χ1n) is 6.59. The van der Waals surface area contributed by atoms with Crippen LogP contribution in [0.4, 0.5) is 0 Å². The van der Waals surface area contributed by atoms with Crippen molar-refractivity contribution >= 4 is 5.71 Å². The van der Waals surface area contributed by atoms with E-state index in [1.54, 1.807) is 19.1 Å². The van der Waals surface area contributed by atoms with Crippen LogP contribution in [0.3, 0.4) is 0 Å². The van der Waals surface area contributed by atoms with E-state index in [2.05, 4.69) is 11.2 Å². The van der Waals surface area contributed by atoms with Crippen molar-refractivity contribution in [3.63, 3.8) is 0 Å². The van der Waals surface area contributed by atoms with Crippen molar-refractivity contribution in [3.8, 4) is 11.8 Å². The summed E-state index contributed by atoms with van der Waals surface area (Å²) in [6, 6.07) is 17.1. The van der Waals surface area contributed by atoms with Crippen LogP contribution in [-0.2, 0) is 13.0 Å². The Hall–Kier alpha value is -2.80. The molecule has 0 spiro atoms. The molecule has 0 heterocycles. The lowest BCUT2D eigenvalue weighted by atomic mass is 10.1. The molecule has 0 radical (unpaired) electrons. The molecule has 0 bridgehead atoms. The van der Waals surface area contributed by atoms with Crippen molar-refractivity contribution in [1.82, 2.24) is 0 Å². The summed E-state index contributed by atoms with van der Waals surface area (Å²) in [6.45, 7) is 2.23. The van der Waals surface area contributed by atoms with Gasteiger partial charge in [0.2, 0.25) is 0 Å². The minimum atomic E-state index is 0.460. The minimum Gasteiger partial charge on any atom is -0.489 e. The molecule has 0 atom stereocenters. The Morgan fingerprint density at radius 1 is 1.10 bits per heavy atom. The molecule has 0 saturated carbocycles. The van der Waals surface area contributed by atoms with Gasteiger partial charge in [-0.05, 0) is 42.3 Å². The topological polar surface area (TPSA) is 65.6 Å². The first-order valence-corrected chi connectivity index (χ1v) is 6.59. The molecule has 0 amide bonds. The van der Waals surface area contributed by atoms with Crippen LogP contribution >= 0.6 is 0 Å². The fraction of sp³-hybridized carbons (Fsp3) is 0.176. The lowest BCUT2D eigenvalue weighted by Crippen LogP contribution is -1.98. The second kappa shape index (κ2) is 7.11. The predicted octanol–water partition coefficient (Wildman–Crippen LogP) is 3.53. The maximum absolute atomic E-state index is 8.74. The summed E-state index contributed by atoms with van der Waals surface area (Å²) >= 11 is 0. The highest BCUT2D eigenvalue weighted by Crippen LogP contribution is 2.15. The standard InChI is InChI=1S/C17H16N2O2/c1-13(19-20)10-14-6-8-17(9-7-14)21-12-16-4-2-15(11-18)3-5-16/h2-9,20H,10,12H2,1H3/b19-13-. The molecule has 0 aliphatic rings. The predicted molar refractivity (Wildman–Crippen MR) is 80.5 cm³/mol. The van der Waals surface area contributed by atoms with Gasteiger partial charge in [-0.3, -0.25) is 0 Å². The molecule has 1 N–H and O–H groups in total. The van der Waals surface area contributed by atoms with E-state index in [1.807, 2.05) is 36.4 Å². The van der Waals surface area contributed by atoms with Crippen LogP contribution in [0.15, 0.2) is 53.7 Å². The molecule has 2 aromatic rings. The van der Waals surface area contributed by atoms with Gasteiger partial charge >= 0.3 is 0 Å². The quantitative estimate of drug-likeness (QED) is 0.517. The first-order chi connectivity index (χ1) is 10.2. The molecule has 2 rings (SSSR count). The summed E-state index contributed by atoms with van der Waals surface area (Å²) in [4.78, 5) is 0. The van der Waals surface area contributed by atoms with Gasteiger partial charge < -0.3 is 9.94 Å². The van der Waals surface area contributed by atoms with Crippen LogP contribution in [-0.4, -0.2) is 10.9 Å². The molecule has 0 aromatic heterocycles. The van der Waals surface area contributed by atoms with Gasteiger partial charge in [0, 0.05) is 6.42 Å². The molecule has 106 valence electrons. The molecule has 0 aliphatic carbocycles. The number of hydrogen-bond donors (Lipinski definition) is 1. The lowest BCUT2D eigenvalue weighted by molar-refractivity contribution is 0.306. The van der Waals surface area contributed by atoms with E-state index in [0.717, 1.165) is 16.9 Å². The van der Waals surface area contributed by atoms with E-state index in [1.165, 1.54) is 0 Å². The summed E-state index contributed by atoms with van der Waals surface area (Å²) in [5, 5.41) is 20.5. The van der Waals surface area contributed by atoms with Crippen molar-refractivity contribution in [2.45, 2.75) is 20.0 Å². The van der Waals surface area contributed by atoms with Gasteiger partial charge in [-0.25, -0.2) is 0 Å². The summed E-state index contributed by atoms with van der Waals surface area (Å²) in [5.74, 6) is 0.779. The molecule has 21 heavy (non-hydrogen) atoms. The van der Waals surface area contributed by atoms with Gasteiger partial charge in [-0.15, -0.1) is 0 Å². The summed E-state index contributed by atoms with van der Waals surface area (Å²) in [7, 11) is 0. The SMILES string of the molecule is C/C(Cc1ccc(OCc2ccc(C#N)cc2)cc1)=N/O. The van der Waals surface area contributed by atoms with E-state index in [4.69, 9.17) is 15.2 Å². The molecule has 4 nitrogen and oxygen atoms in total. The van der Waals surface area contributed by atoms with Crippen molar-refractivity contribution in [2.24, 2.45) is 5.16 Å². The van der Waals surface area contributed by atoms with Gasteiger partial charge in [0.1, 0.15) is 12.4 Å². The fourth-order valence-corrected chi connectivity index (χ4v) is 1.88. The Morgan fingerprint density at radius 2 is 1.71 bits per heavy atom. The van der Waals surface area contributed by atoms with Gasteiger partial charge in [-0.2, -0.15) is 5.26 Å². The molecular formula is C17H16N2O2. The first kappa shape index (κ1) is 14.6. The maximum atomic E-state index is 8.74. The van der Waals surface area contributed by atoms with Gasteiger partial charge in [-0.1, -0.05) is 29.4 Å². The van der Waals surface area contributed by atoms with Gasteiger partial charge in [0.05, 0.1) is 17.3 Å². The number of oxime groups is 1. The Morgan fingerprint density at radius 3 is 2.29 bits per heavy atom. The largest absolute Gasteiger partial charge is 0.489 e. The summed E-state index contributed by atoms with van der Waals surface area (Å²) in [6.07, 6.45) is 0.617. The zero-order chi connectivity index (χ0) is 15.1. The Kier molecular flexibility index (Phi) is 4.94. The number of benzene rings is 2. The molecule has 0 unspecified atom stereocenters.